The topological polar surface area (TPSA) is 96.0 Å². The van der Waals surface area contributed by atoms with Crippen LogP contribution in [0, 0.1) is 0 Å². The average Bonchev–Trinajstić information content (AvgIpc) is 2.84. The number of nitrogens with zero attached hydrogens (tertiary/aromatic N) is 2. The Morgan fingerprint density at radius 3 is 2.08 bits per heavy atom. The molecule has 0 aliphatic rings. The minimum atomic E-state index is -3.84. The zero-order valence-electron chi connectivity index (χ0n) is 21.8. The van der Waals surface area contributed by atoms with Crippen LogP contribution in [-0.4, -0.2) is 56.6 Å². The summed E-state index contributed by atoms with van der Waals surface area (Å²) in [6.45, 7) is 7.34. The molecule has 0 aromatic heterocycles. The molecule has 2 rings (SSSR count). The highest BCUT2D eigenvalue weighted by Gasteiger charge is 2.33. The summed E-state index contributed by atoms with van der Waals surface area (Å²) in [5.41, 5.74) is 0.771. The highest BCUT2D eigenvalue weighted by molar-refractivity contribution is 7.92. The monoisotopic (exact) mass is 571 g/mol. The van der Waals surface area contributed by atoms with Crippen LogP contribution in [0.15, 0.2) is 42.5 Å². The van der Waals surface area contributed by atoms with Crippen molar-refractivity contribution in [3.8, 4) is 5.75 Å². The van der Waals surface area contributed by atoms with Crippen LogP contribution in [0.5, 0.6) is 5.75 Å². The highest BCUT2D eigenvalue weighted by Crippen LogP contribution is 2.28. The van der Waals surface area contributed by atoms with Crippen molar-refractivity contribution < 1.29 is 22.7 Å². The number of anilines is 1. The number of carbonyl (C=O) groups is 2. The molecule has 0 aliphatic heterocycles. The number of hydrogen-bond acceptors (Lipinski definition) is 5. The lowest BCUT2D eigenvalue weighted by Crippen LogP contribution is -2.53. The SMILES string of the molecule is CCOc1ccc(N(CC(=O)N(Cc2c(Cl)cccc2Cl)[C@H](CC)C(=O)N[C@@H](C)CC)S(C)(=O)=O)cc1. The van der Waals surface area contributed by atoms with Crippen LogP contribution in [0.1, 0.15) is 46.1 Å². The zero-order valence-corrected chi connectivity index (χ0v) is 24.2. The maximum atomic E-state index is 13.8. The molecule has 2 atom stereocenters. The Morgan fingerprint density at radius 2 is 1.59 bits per heavy atom. The van der Waals surface area contributed by atoms with Crippen LogP contribution in [0.3, 0.4) is 0 Å². The lowest BCUT2D eigenvalue weighted by Gasteiger charge is -2.33. The summed E-state index contributed by atoms with van der Waals surface area (Å²) in [7, 11) is -3.84. The zero-order chi connectivity index (χ0) is 27.8. The summed E-state index contributed by atoms with van der Waals surface area (Å²) < 4.78 is 31.9. The van der Waals surface area contributed by atoms with E-state index in [1.165, 1.54) is 4.90 Å². The van der Waals surface area contributed by atoms with E-state index >= 15 is 0 Å². The molecule has 2 aromatic carbocycles. The van der Waals surface area contributed by atoms with Gasteiger partial charge in [-0.15, -0.1) is 0 Å². The minimum Gasteiger partial charge on any atom is -0.494 e. The number of benzene rings is 2. The van der Waals surface area contributed by atoms with Gasteiger partial charge < -0.3 is 15.0 Å². The molecule has 1 N–H and O–H groups in total. The highest BCUT2D eigenvalue weighted by atomic mass is 35.5. The Balaban J connectivity index is 2.48. The number of nitrogens with one attached hydrogen (secondary N) is 1. The van der Waals surface area contributed by atoms with Crippen molar-refractivity contribution in [1.29, 1.82) is 0 Å². The molecule has 11 heteroatoms. The second kappa shape index (κ2) is 13.9. The van der Waals surface area contributed by atoms with Gasteiger partial charge in [0.1, 0.15) is 18.3 Å². The fourth-order valence-electron chi connectivity index (χ4n) is 3.70. The van der Waals surface area contributed by atoms with Gasteiger partial charge in [-0.25, -0.2) is 8.42 Å². The first-order valence-corrected chi connectivity index (χ1v) is 14.8. The molecule has 0 saturated heterocycles. The number of halogens is 2. The van der Waals surface area contributed by atoms with Gasteiger partial charge in [-0.1, -0.05) is 43.1 Å². The number of hydrogen-bond donors (Lipinski definition) is 1. The van der Waals surface area contributed by atoms with Gasteiger partial charge >= 0.3 is 0 Å². The Bertz CT molecular complexity index is 1150. The van der Waals surface area contributed by atoms with E-state index in [4.69, 9.17) is 27.9 Å². The first-order chi connectivity index (χ1) is 17.4. The quantitative estimate of drug-likeness (QED) is 0.369. The lowest BCUT2D eigenvalue weighted by molar-refractivity contribution is -0.140. The Hall–Kier alpha value is -2.49. The number of rotatable bonds is 13. The maximum Gasteiger partial charge on any atom is 0.244 e. The molecular formula is C26H35Cl2N3O5S. The van der Waals surface area contributed by atoms with Crippen molar-refractivity contribution in [3.63, 3.8) is 0 Å². The van der Waals surface area contributed by atoms with Crippen molar-refractivity contribution in [3.05, 3.63) is 58.1 Å². The van der Waals surface area contributed by atoms with Crippen LogP contribution >= 0.6 is 23.2 Å². The molecule has 2 aromatic rings. The summed E-state index contributed by atoms with van der Waals surface area (Å²) in [5, 5.41) is 3.60. The lowest BCUT2D eigenvalue weighted by atomic mass is 10.1. The minimum absolute atomic E-state index is 0.0648. The first kappa shape index (κ1) is 30.7. The molecule has 204 valence electrons. The Kier molecular flexibility index (Phi) is 11.5. The number of ether oxygens (including phenoxy) is 1. The van der Waals surface area contributed by atoms with E-state index in [9.17, 15) is 18.0 Å². The standard InChI is InChI=1S/C26H35Cl2N3O5S/c1-6-18(4)29-26(33)24(7-2)30(16-21-22(27)10-9-11-23(21)28)25(32)17-31(37(5,34)35)19-12-14-20(15-13-19)36-8-3/h9-15,18,24H,6-8,16-17H2,1-5H3,(H,29,33)/t18-,24+/m0/s1. The van der Waals surface area contributed by atoms with Crippen molar-refractivity contribution in [2.24, 2.45) is 0 Å². The van der Waals surface area contributed by atoms with Crippen LogP contribution in [0.25, 0.3) is 0 Å². The van der Waals surface area contributed by atoms with Crippen molar-refractivity contribution in [2.75, 3.05) is 23.7 Å². The van der Waals surface area contributed by atoms with Crippen molar-refractivity contribution >= 4 is 50.7 Å². The number of sulfonamides is 1. The van der Waals surface area contributed by atoms with Crippen LogP contribution in [0.2, 0.25) is 10.0 Å². The number of amides is 2. The van der Waals surface area contributed by atoms with Crippen molar-refractivity contribution in [1.82, 2.24) is 10.2 Å². The average molecular weight is 573 g/mol. The molecular weight excluding hydrogens is 537 g/mol. The Labute approximate surface area is 229 Å². The number of carbonyl (C=O) groups excluding carboxylic acids is 2. The fraction of sp³-hybridized carbons (Fsp3) is 0.462. The van der Waals surface area contributed by atoms with Gasteiger partial charge in [0.25, 0.3) is 0 Å². The molecule has 0 spiro atoms. The van der Waals surface area contributed by atoms with Gasteiger partial charge in [-0.3, -0.25) is 13.9 Å². The van der Waals surface area contributed by atoms with E-state index < -0.39 is 28.5 Å². The van der Waals surface area contributed by atoms with E-state index in [2.05, 4.69) is 5.32 Å². The summed E-state index contributed by atoms with van der Waals surface area (Å²) in [5.74, 6) is -0.324. The van der Waals surface area contributed by atoms with Crippen LogP contribution in [0.4, 0.5) is 5.69 Å². The molecule has 0 heterocycles. The molecule has 2 amide bonds. The van der Waals surface area contributed by atoms with E-state index in [1.54, 1.807) is 49.4 Å². The first-order valence-electron chi connectivity index (χ1n) is 12.2. The van der Waals surface area contributed by atoms with Gasteiger partial charge in [0, 0.05) is 28.2 Å². The van der Waals surface area contributed by atoms with Crippen LogP contribution < -0.4 is 14.4 Å². The third-order valence-corrected chi connectivity index (χ3v) is 7.74. The predicted molar refractivity (Wildman–Crippen MR) is 149 cm³/mol. The molecule has 0 aliphatic carbocycles. The van der Waals surface area contributed by atoms with E-state index in [-0.39, 0.29) is 18.5 Å². The largest absolute Gasteiger partial charge is 0.494 e. The molecule has 0 bridgehead atoms. The predicted octanol–water partition coefficient (Wildman–Crippen LogP) is 4.88. The second-order valence-corrected chi connectivity index (χ2v) is 11.4. The van der Waals surface area contributed by atoms with E-state index in [1.807, 2.05) is 20.8 Å². The van der Waals surface area contributed by atoms with Gasteiger partial charge in [0.2, 0.25) is 21.8 Å². The third kappa shape index (κ3) is 8.51. The summed E-state index contributed by atoms with van der Waals surface area (Å²) in [6, 6.07) is 10.4. The summed E-state index contributed by atoms with van der Waals surface area (Å²) in [4.78, 5) is 28.3. The van der Waals surface area contributed by atoms with Gasteiger partial charge in [-0.2, -0.15) is 0 Å². The van der Waals surface area contributed by atoms with Crippen molar-refractivity contribution in [2.45, 2.75) is 59.2 Å². The Morgan fingerprint density at radius 1 is 1.00 bits per heavy atom. The van der Waals surface area contributed by atoms with Gasteiger partial charge in [-0.05, 0) is 63.1 Å². The van der Waals surface area contributed by atoms with Crippen LogP contribution in [-0.2, 0) is 26.2 Å². The molecule has 0 fully saturated rings. The molecule has 8 nitrogen and oxygen atoms in total. The molecule has 0 saturated carbocycles. The van der Waals surface area contributed by atoms with E-state index in [0.29, 0.717) is 46.5 Å². The normalized spacial score (nSPS) is 12.9. The smallest absolute Gasteiger partial charge is 0.244 e. The molecule has 0 radical (unpaired) electrons. The third-order valence-electron chi connectivity index (χ3n) is 5.89. The summed E-state index contributed by atoms with van der Waals surface area (Å²) >= 11 is 12.8. The van der Waals surface area contributed by atoms with E-state index in [0.717, 1.165) is 10.6 Å². The molecule has 37 heavy (non-hydrogen) atoms. The maximum absolute atomic E-state index is 13.8. The molecule has 0 unspecified atom stereocenters. The summed E-state index contributed by atoms with van der Waals surface area (Å²) in [6.07, 6.45) is 2.04. The van der Waals surface area contributed by atoms with Gasteiger partial charge in [0.05, 0.1) is 18.6 Å². The second-order valence-electron chi connectivity index (χ2n) is 8.66. The fourth-order valence-corrected chi connectivity index (χ4v) is 5.07. The van der Waals surface area contributed by atoms with Gasteiger partial charge in [0.15, 0.2) is 0 Å².